The van der Waals surface area contributed by atoms with Gasteiger partial charge in [-0.25, -0.2) is 4.39 Å². The fourth-order valence-corrected chi connectivity index (χ4v) is 4.64. The molecule has 32 heavy (non-hydrogen) atoms. The Hall–Kier alpha value is -3.20. The second-order valence-electron chi connectivity index (χ2n) is 7.92. The number of benzene rings is 2. The highest BCUT2D eigenvalue weighted by Gasteiger charge is 2.31. The second-order valence-corrected chi connectivity index (χ2v) is 8.86. The van der Waals surface area contributed by atoms with Crippen molar-refractivity contribution in [2.75, 3.05) is 22.5 Å². The quantitative estimate of drug-likeness (QED) is 0.543. The number of aromatic nitrogens is 3. The highest BCUT2D eigenvalue weighted by atomic mass is 32.2. The van der Waals surface area contributed by atoms with Crippen LogP contribution in [0.1, 0.15) is 31.7 Å². The lowest BCUT2D eigenvalue weighted by atomic mass is 10.2. The van der Waals surface area contributed by atoms with Crippen LogP contribution in [0.2, 0.25) is 0 Å². The molecule has 9 heteroatoms. The lowest BCUT2D eigenvalue weighted by Crippen LogP contribution is -2.23. The SMILES string of the molecule is O=C(CSc1nnc(-c2ccccc2F)n1C1CC1)Nc1ccc(N2CCCC2=O)cc1. The molecule has 0 unspecified atom stereocenters. The molecule has 0 bridgehead atoms. The Morgan fingerprint density at radius 3 is 2.59 bits per heavy atom. The molecule has 1 saturated carbocycles. The van der Waals surface area contributed by atoms with Crippen molar-refractivity contribution in [1.82, 2.24) is 14.8 Å². The highest BCUT2D eigenvalue weighted by Crippen LogP contribution is 2.41. The van der Waals surface area contributed by atoms with Gasteiger partial charge in [0.05, 0.1) is 11.3 Å². The van der Waals surface area contributed by atoms with Crippen LogP contribution in [0.15, 0.2) is 53.7 Å². The number of nitrogens with zero attached hydrogens (tertiary/aromatic N) is 4. The molecule has 2 aromatic carbocycles. The molecule has 1 aliphatic carbocycles. The van der Waals surface area contributed by atoms with Gasteiger partial charge in [0.2, 0.25) is 11.8 Å². The largest absolute Gasteiger partial charge is 0.325 e. The van der Waals surface area contributed by atoms with Crippen molar-refractivity contribution in [2.45, 2.75) is 36.9 Å². The summed E-state index contributed by atoms with van der Waals surface area (Å²) in [6.07, 6.45) is 3.44. The molecule has 2 fully saturated rings. The second kappa shape index (κ2) is 8.74. The van der Waals surface area contributed by atoms with Gasteiger partial charge in [-0.2, -0.15) is 0 Å². The summed E-state index contributed by atoms with van der Waals surface area (Å²) < 4.78 is 16.2. The standard InChI is InChI=1S/C23H22FN5O2S/c24-19-5-2-1-4-18(19)22-26-27-23(29(22)17-11-12-17)32-14-20(30)25-15-7-9-16(10-8-15)28-13-3-6-21(28)31/h1-2,4-5,7-10,17H,3,6,11-14H2,(H,25,30). The van der Waals surface area contributed by atoms with Crippen LogP contribution in [0, 0.1) is 5.82 Å². The zero-order valence-corrected chi connectivity index (χ0v) is 18.1. The van der Waals surface area contributed by atoms with E-state index in [0.29, 0.717) is 28.7 Å². The van der Waals surface area contributed by atoms with Gasteiger partial charge in [-0.15, -0.1) is 10.2 Å². The van der Waals surface area contributed by atoms with Crippen molar-refractivity contribution in [3.63, 3.8) is 0 Å². The van der Waals surface area contributed by atoms with Gasteiger partial charge in [-0.05, 0) is 55.7 Å². The predicted molar refractivity (Wildman–Crippen MR) is 121 cm³/mol. The van der Waals surface area contributed by atoms with E-state index in [1.54, 1.807) is 35.2 Å². The monoisotopic (exact) mass is 451 g/mol. The van der Waals surface area contributed by atoms with E-state index in [1.807, 2.05) is 16.7 Å². The van der Waals surface area contributed by atoms with E-state index >= 15 is 0 Å². The van der Waals surface area contributed by atoms with E-state index in [-0.39, 0.29) is 29.4 Å². The minimum Gasteiger partial charge on any atom is -0.325 e. The van der Waals surface area contributed by atoms with Gasteiger partial charge in [0.25, 0.3) is 0 Å². The molecule has 2 amide bonds. The van der Waals surface area contributed by atoms with E-state index < -0.39 is 0 Å². The maximum atomic E-state index is 14.3. The number of halogens is 1. The number of carbonyl (C=O) groups is 2. The summed E-state index contributed by atoms with van der Waals surface area (Å²) in [6.45, 7) is 0.734. The third kappa shape index (κ3) is 4.25. The maximum Gasteiger partial charge on any atom is 0.234 e. The number of carbonyl (C=O) groups excluding carboxylic acids is 2. The highest BCUT2D eigenvalue weighted by molar-refractivity contribution is 7.99. The normalized spacial score (nSPS) is 15.9. The van der Waals surface area contributed by atoms with Crippen molar-refractivity contribution in [3.05, 3.63) is 54.3 Å². The smallest absolute Gasteiger partial charge is 0.234 e. The van der Waals surface area contributed by atoms with Gasteiger partial charge >= 0.3 is 0 Å². The first-order chi connectivity index (χ1) is 15.6. The third-order valence-corrected chi connectivity index (χ3v) is 6.50. The van der Waals surface area contributed by atoms with Crippen molar-refractivity contribution in [3.8, 4) is 11.4 Å². The molecule has 2 heterocycles. The van der Waals surface area contributed by atoms with Crippen LogP contribution in [0.3, 0.4) is 0 Å². The van der Waals surface area contributed by atoms with Crippen LogP contribution in [0.4, 0.5) is 15.8 Å². The number of thioether (sulfide) groups is 1. The maximum absolute atomic E-state index is 14.3. The summed E-state index contributed by atoms with van der Waals surface area (Å²) in [5.41, 5.74) is 1.93. The van der Waals surface area contributed by atoms with Gasteiger partial charge in [-0.3, -0.25) is 14.2 Å². The van der Waals surface area contributed by atoms with Crippen LogP contribution in [-0.4, -0.2) is 38.9 Å². The first kappa shape index (κ1) is 20.7. The molecule has 164 valence electrons. The molecule has 5 rings (SSSR count). The molecule has 7 nitrogen and oxygen atoms in total. The summed E-state index contributed by atoms with van der Waals surface area (Å²) in [4.78, 5) is 26.1. The van der Waals surface area contributed by atoms with Crippen molar-refractivity contribution in [2.24, 2.45) is 0 Å². The van der Waals surface area contributed by atoms with E-state index in [1.165, 1.54) is 17.8 Å². The number of anilines is 2. The lowest BCUT2D eigenvalue weighted by molar-refractivity contribution is -0.117. The van der Waals surface area contributed by atoms with Crippen LogP contribution in [-0.2, 0) is 9.59 Å². The Labute approximate surface area is 189 Å². The Morgan fingerprint density at radius 1 is 1.12 bits per heavy atom. The molecule has 0 spiro atoms. The number of amides is 2. The zero-order valence-electron chi connectivity index (χ0n) is 17.3. The van der Waals surface area contributed by atoms with E-state index in [2.05, 4.69) is 15.5 Å². The van der Waals surface area contributed by atoms with Crippen LogP contribution < -0.4 is 10.2 Å². The number of hydrogen-bond acceptors (Lipinski definition) is 5. The van der Waals surface area contributed by atoms with Gasteiger partial charge in [0.1, 0.15) is 5.82 Å². The average molecular weight is 452 g/mol. The summed E-state index contributed by atoms with van der Waals surface area (Å²) in [5.74, 6) is 0.287. The fourth-order valence-electron chi connectivity index (χ4n) is 3.84. The molecular formula is C23H22FN5O2S. The Morgan fingerprint density at radius 2 is 1.91 bits per heavy atom. The fraction of sp³-hybridized carbons (Fsp3) is 0.304. The van der Waals surface area contributed by atoms with Crippen molar-refractivity contribution >= 4 is 35.0 Å². The third-order valence-electron chi connectivity index (χ3n) is 5.56. The number of rotatable bonds is 7. The van der Waals surface area contributed by atoms with Gasteiger partial charge < -0.3 is 10.2 Å². The lowest BCUT2D eigenvalue weighted by Gasteiger charge is -2.16. The van der Waals surface area contributed by atoms with Crippen LogP contribution >= 0.6 is 11.8 Å². The van der Waals surface area contributed by atoms with Crippen LogP contribution in [0.5, 0.6) is 0 Å². The number of hydrogen-bond donors (Lipinski definition) is 1. The summed E-state index contributed by atoms with van der Waals surface area (Å²) >= 11 is 1.29. The average Bonchev–Trinajstić information content (AvgIpc) is 3.40. The van der Waals surface area contributed by atoms with Gasteiger partial charge in [-0.1, -0.05) is 23.9 Å². The van der Waals surface area contributed by atoms with Gasteiger partial charge in [0, 0.05) is 30.4 Å². The van der Waals surface area contributed by atoms with Crippen molar-refractivity contribution < 1.29 is 14.0 Å². The molecule has 0 radical (unpaired) electrons. The number of nitrogens with one attached hydrogen (secondary N) is 1. The summed E-state index contributed by atoms with van der Waals surface area (Å²) in [7, 11) is 0. The zero-order chi connectivity index (χ0) is 22.1. The first-order valence-corrected chi connectivity index (χ1v) is 11.6. The van der Waals surface area contributed by atoms with E-state index in [0.717, 1.165) is 31.5 Å². The molecule has 1 saturated heterocycles. The minimum atomic E-state index is -0.338. The molecule has 1 aromatic heterocycles. The van der Waals surface area contributed by atoms with E-state index in [4.69, 9.17) is 0 Å². The minimum absolute atomic E-state index is 0.132. The topological polar surface area (TPSA) is 80.1 Å². The van der Waals surface area contributed by atoms with E-state index in [9.17, 15) is 14.0 Å². The summed E-state index contributed by atoms with van der Waals surface area (Å²) in [6, 6.07) is 14.0. The van der Waals surface area contributed by atoms with Crippen molar-refractivity contribution in [1.29, 1.82) is 0 Å². The molecule has 1 aliphatic heterocycles. The molecule has 1 N–H and O–H groups in total. The molecule has 3 aromatic rings. The van der Waals surface area contributed by atoms with Crippen LogP contribution in [0.25, 0.3) is 11.4 Å². The summed E-state index contributed by atoms with van der Waals surface area (Å²) in [5, 5.41) is 11.9. The Kier molecular flexibility index (Phi) is 5.65. The molecule has 2 aliphatic rings. The molecule has 0 atom stereocenters. The van der Waals surface area contributed by atoms with Gasteiger partial charge in [0.15, 0.2) is 11.0 Å². The first-order valence-electron chi connectivity index (χ1n) is 10.6. The Balaban J connectivity index is 1.24. The molecular weight excluding hydrogens is 429 g/mol. The Bertz CT molecular complexity index is 1160. The predicted octanol–water partition coefficient (Wildman–Crippen LogP) is 4.28.